The van der Waals surface area contributed by atoms with Crippen LogP contribution in [0.3, 0.4) is 0 Å². The van der Waals surface area contributed by atoms with Crippen LogP contribution in [0.5, 0.6) is 5.75 Å². The van der Waals surface area contributed by atoms with Crippen LogP contribution in [0.25, 0.3) is 16.6 Å². The first kappa shape index (κ1) is 27.8. The zero-order valence-electron chi connectivity index (χ0n) is 21.7. The summed E-state index contributed by atoms with van der Waals surface area (Å²) < 4.78 is 13.2. The van der Waals surface area contributed by atoms with Crippen LogP contribution < -0.4 is 10.1 Å². The van der Waals surface area contributed by atoms with Gasteiger partial charge in [0.05, 0.1) is 24.6 Å². The van der Waals surface area contributed by atoms with Crippen molar-refractivity contribution < 1.29 is 14.3 Å². The Kier molecular flexibility index (Phi) is 10.8. The highest BCUT2D eigenvalue weighted by Crippen LogP contribution is 2.33. The molecular formula is C29H38ClN3O3. The van der Waals surface area contributed by atoms with Crippen LogP contribution in [0.1, 0.15) is 61.9 Å². The van der Waals surface area contributed by atoms with Gasteiger partial charge in [-0.2, -0.15) is 5.10 Å². The average Bonchev–Trinajstić information content (AvgIpc) is 3.28. The molecule has 6 nitrogen and oxygen atoms in total. The van der Waals surface area contributed by atoms with E-state index in [1.807, 2.05) is 23.7 Å². The predicted molar refractivity (Wildman–Crippen MR) is 148 cm³/mol. The summed E-state index contributed by atoms with van der Waals surface area (Å²) in [6.45, 7) is 11.2. The van der Waals surface area contributed by atoms with Crippen LogP contribution in [0.2, 0.25) is 5.02 Å². The molecule has 1 atom stereocenters. The summed E-state index contributed by atoms with van der Waals surface area (Å²) in [5, 5.41) is 9.75. The number of halogens is 1. The van der Waals surface area contributed by atoms with E-state index in [1.54, 1.807) is 31.4 Å². The van der Waals surface area contributed by atoms with Crippen molar-refractivity contribution >= 4 is 34.0 Å². The first-order valence-corrected chi connectivity index (χ1v) is 13.2. The third kappa shape index (κ3) is 7.58. The molecule has 1 unspecified atom stereocenters. The van der Waals surface area contributed by atoms with Gasteiger partial charge in [-0.25, -0.2) is 0 Å². The zero-order chi connectivity index (χ0) is 25.9. The monoisotopic (exact) mass is 511 g/mol. The molecule has 0 radical (unpaired) electrons. The minimum absolute atomic E-state index is 0.166. The lowest BCUT2D eigenvalue weighted by atomic mass is 9.95. The van der Waals surface area contributed by atoms with Gasteiger partial charge in [0.15, 0.2) is 5.78 Å². The van der Waals surface area contributed by atoms with Gasteiger partial charge in [0.2, 0.25) is 0 Å². The molecule has 0 saturated heterocycles. The Morgan fingerprint density at radius 2 is 1.94 bits per heavy atom. The van der Waals surface area contributed by atoms with E-state index in [9.17, 15) is 4.79 Å². The summed E-state index contributed by atoms with van der Waals surface area (Å²) in [7, 11) is 1.68. The van der Waals surface area contributed by atoms with Crippen molar-refractivity contribution in [2.45, 2.75) is 52.5 Å². The second-order valence-electron chi connectivity index (χ2n) is 9.01. The highest BCUT2D eigenvalue weighted by Gasteiger charge is 2.16. The number of hydrogen-bond acceptors (Lipinski definition) is 5. The largest absolute Gasteiger partial charge is 0.495 e. The standard InChI is InChI=1S/C29H38ClN3O3/c1-5-8-22(9-7-10-28(34)23-11-13-24(30)14-12-23)19-33-20-26-27(32-33)16-15-25(29(26)35-4)21(3)31-17-18-36-6-2/h11-16,20,22,31H,3,5-10,17-19H2,1-2,4H3. The number of carbonyl (C=O) groups excluding carboxylic acids is 1. The van der Waals surface area contributed by atoms with E-state index in [-0.39, 0.29) is 5.78 Å². The second-order valence-corrected chi connectivity index (χ2v) is 9.45. The van der Waals surface area contributed by atoms with Crippen LogP contribution in [-0.4, -0.2) is 42.4 Å². The Morgan fingerprint density at radius 3 is 2.64 bits per heavy atom. The molecule has 194 valence electrons. The van der Waals surface area contributed by atoms with Crippen molar-refractivity contribution in [3.05, 3.63) is 65.3 Å². The number of aromatic nitrogens is 2. The van der Waals surface area contributed by atoms with Gasteiger partial charge in [0.1, 0.15) is 5.75 Å². The quantitative estimate of drug-likeness (QED) is 0.170. The summed E-state index contributed by atoms with van der Waals surface area (Å²) in [6, 6.07) is 11.1. The van der Waals surface area contributed by atoms with Gasteiger partial charge in [0.25, 0.3) is 0 Å². The van der Waals surface area contributed by atoms with Crippen LogP contribution >= 0.6 is 11.6 Å². The normalized spacial score (nSPS) is 12.0. The molecule has 3 aromatic rings. The maximum atomic E-state index is 12.5. The molecule has 0 spiro atoms. The summed E-state index contributed by atoms with van der Waals surface area (Å²) in [5.74, 6) is 1.38. The molecule has 1 N–H and O–H groups in total. The summed E-state index contributed by atoms with van der Waals surface area (Å²) in [4.78, 5) is 12.5. The van der Waals surface area contributed by atoms with Crippen LogP contribution in [0.15, 0.2) is 49.2 Å². The second kappa shape index (κ2) is 14.0. The van der Waals surface area contributed by atoms with E-state index < -0.39 is 0 Å². The zero-order valence-corrected chi connectivity index (χ0v) is 22.4. The molecule has 1 heterocycles. The molecule has 0 aliphatic carbocycles. The average molecular weight is 512 g/mol. The van der Waals surface area contributed by atoms with Crippen molar-refractivity contribution in [3.8, 4) is 5.75 Å². The molecule has 0 amide bonds. The smallest absolute Gasteiger partial charge is 0.162 e. The maximum Gasteiger partial charge on any atom is 0.162 e. The number of ether oxygens (including phenoxy) is 2. The van der Waals surface area contributed by atoms with Gasteiger partial charge in [-0.3, -0.25) is 9.48 Å². The van der Waals surface area contributed by atoms with E-state index >= 15 is 0 Å². The Morgan fingerprint density at radius 1 is 1.17 bits per heavy atom. The Labute approximate surface area is 219 Å². The van der Waals surface area contributed by atoms with Crippen molar-refractivity contribution in [2.24, 2.45) is 5.92 Å². The summed E-state index contributed by atoms with van der Waals surface area (Å²) >= 11 is 5.94. The number of benzene rings is 2. The summed E-state index contributed by atoms with van der Waals surface area (Å²) in [5.41, 5.74) is 3.34. The van der Waals surface area contributed by atoms with Crippen LogP contribution in [0, 0.1) is 5.92 Å². The SMILES string of the molecule is C=C(NCCOCC)c1ccc2nn(CC(CCC)CCCC(=O)c3ccc(Cl)cc3)cc2c1OC. The maximum absolute atomic E-state index is 12.5. The number of carbonyl (C=O) groups is 1. The number of nitrogens with zero attached hydrogens (tertiary/aromatic N) is 2. The number of methoxy groups -OCH3 is 1. The van der Waals surface area contributed by atoms with Gasteiger partial charge >= 0.3 is 0 Å². The highest BCUT2D eigenvalue weighted by molar-refractivity contribution is 6.30. The number of Topliss-reactive ketones (excluding diaryl/α,β-unsaturated/α-hetero) is 1. The fraction of sp³-hybridized carbons (Fsp3) is 0.448. The van der Waals surface area contributed by atoms with Crippen molar-refractivity contribution in [2.75, 3.05) is 26.9 Å². The highest BCUT2D eigenvalue weighted by atomic mass is 35.5. The number of fused-ring (bicyclic) bond motifs is 1. The van der Waals surface area contributed by atoms with E-state index in [0.29, 0.717) is 37.1 Å². The lowest BCUT2D eigenvalue weighted by Crippen LogP contribution is -2.18. The Hall–Kier alpha value is -2.83. The molecule has 0 bridgehead atoms. The molecule has 0 aliphatic heterocycles. The molecule has 3 rings (SSSR count). The molecular weight excluding hydrogens is 474 g/mol. The Balaban J connectivity index is 1.65. The van der Waals surface area contributed by atoms with E-state index in [0.717, 1.165) is 65.7 Å². The third-order valence-electron chi connectivity index (χ3n) is 6.33. The molecule has 0 saturated carbocycles. The van der Waals surface area contributed by atoms with Gasteiger partial charge in [0, 0.05) is 54.2 Å². The fourth-order valence-electron chi connectivity index (χ4n) is 4.51. The third-order valence-corrected chi connectivity index (χ3v) is 6.58. The number of rotatable bonds is 16. The lowest BCUT2D eigenvalue weighted by molar-refractivity contribution is 0.0977. The number of nitrogens with one attached hydrogen (secondary N) is 1. The van der Waals surface area contributed by atoms with Crippen molar-refractivity contribution in [1.82, 2.24) is 15.1 Å². The van der Waals surface area contributed by atoms with Crippen molar-refractivity contribution in [3.63, 3.8) is 0 Å². The van der Waals surface area contributed by atoms with Gasteiger partial charge in [-0.1, -0.05) is 31.5 Å². The topological polar surface area (TPSA) is 65.4 Å². The fourth-order valence-corrected chi connectivity index (χ4v) is 4.64. The number of ketones is 1. The molecule has 36 heavy (non-hydrogen) atoms. The van der Waals surface area contributed by atoms with E-state index in [1.165, 1.54) is 0 Å². The minimum atomic E-state index is 0.166. The first-order valence-electron chi connectivity index (χ1n) is 12.8. The van der Waals surface area contributed by atoms with Gasteiger partial charge in [-0.05, 0) is 68.5 Å². The molecule has 2 aromatic carbocycles. The molecule has 1 aromatic heterocycles. The molecule has 7 heteroatoms. The predicted octanol–water partition coefficient (Wildman–Crippen LogP) is 6.76. The summed E-state index contributed by atoms with van der Waals surface area (Å²) in [6.07, 6.45) is 6.62. The van der Waals surface area contributed by atoms with E-state index in [2.05, 4.69) is 25.0 Å². The minimum Gasteiger partial charge on any atom is -0.495 e. The molecule has 0 aliphatic rings. The molecule has 0 fully saturated rings. The van der Waals surface area contributed by atoms with Gasteiger partial charge < -0.3 is 14.8 Å². The first-order chi connectivity index (χ1) is 17.5. The number of hydrogen-bond donors (Lipinski definition) is 1. The van der Waals surface area contributed by atoms with Crippen LogP contribution in [-0.2, 0) is 11.3 Å². The Bertz CT molecular complexity index is 1140. The van der Waals surface area contributed by atoms with Crippen molar-refractivity contribution in [1.29, 1.82) is 0 Å². The van der Waals surface area contributed by atoms with Crippen LogP contribution in [0.4, 0.5) is 0 Å². The van der Waals surface area contributed by atoms with Gasteiger partial charge in [-0.15, -0.1) is 0 Å². The lowest BCUT2D eigenvalue weighted by Gasteiger charge is -2.16. The van der Waals surface area contributed by atoms with E-state index in [4.69, 9.17) is 26.2 Å².